The van der Waals surface area contributed by atoms with Crippen molar-refractivity contribution in [3.8, 4) is 5.75 Å². The van der Waals surface area contributed by atoms with Crippen molar-refractivity contribution < 1.29 is 19.1 Å². The predicted octanol–water partition coefficient (Wildman–Crippen LogP) is 5.54. The summed E-state index contributed by atoms with van der Waals surface area (Å²) in [4.78, 5) is 24.7. The Morgan fingerprint density at radius 3 is 2.45 bits per heavy atom. The SMILES string of the molecule is Cc1c(Cl)cccc1NC(=O)c1ccc(O[C@@H](C)C(=O)OC2CCCCC2)cc1. The molecule has 1 amide bonds. The van der Waals surface area contributed by atoms with Gasteiger partial charge in [-0.25, -0.2) is 4.79 Å². The molecule has 6 heteroatoms. The summed E-state index contributed by atoms with van der Waals surface area (Å²) < 4.78 is 11.2. The molecule has 0 spiro atoms. The van der Waals surface area contributed by atoms with E-state index >= 15 is 0 Å². The highest BCUT2D eigenvalue weighted by molar-refractivity contribution is 6.31. The lowest BCUT2D eigenvalue weighted by molar-refractivity contribution is -0.158. The minimum Gasteiger partial charge on any atom is -0.479 e. The van der Waals surface area contributed by atoms with Crippen molar-refractivity contribution in [2.45, 2.75) is 58.2 Å². The second-order valence-corrected chi connectivity index (χ2v) is 7.76. The standard InChI is InChI=1S/C23H26ClNO4/c1-15-20(24)9-6-10-21(15)25-22(26)17-11-13-19(14-12-17)28-16(2)23(27)29-18-7-4-3-5-8-18/h6,9-14,16,18H,3-5,7-8H2,1-2H3,(H,25,26)/t16-/m0/s1. The topological polar surface area (TPSA) is 64.6 Å². The smallest absolute Gasteiger partial charge is 0.347 e. The minimum atomic E-state index is -0.703. The Kier molecular flexibility index (Phi) is 7.15. The van der Waals surface area contributed by atoms with E-state index in [1.54, 1.807) is 49.4 Å². The number of amides is 1. The van der Waals surface area contributed by atoms with E-state index in [1.807, 2.05) is 6.92 Å². The zero-order chi connectivity index (χ0) is 20.8. The van der Waals surface area contributed by atoms with Gasteiger partial charge in [-0.2, -0.15) is 0 Å². The van der Waals surface area contributed by atoms with Gasteiger partial charge in [0.2, 0.25) is 0 Å². The lowest BCUT2D eigenvalue weighted by Crippen LogP contribution is -2.31. The summed E-state index contributed by atoms with van der Waals surface area (Å²) in [6.45, 7) is 3.52. The van der Waals surface area contributed by atoms with Gasteiger partial charge in [-0.15, -0.1) is 0 Å². The van der Waals surface area contributed by atoms with Crippen molar-refractivity contribution in [2.75, 3.05) is 5.32 Å². The Balaban J connectivity index is 1.55. The summed E-state index contributed by atoms with van der Waals surface area (Å²) in [6.07, 6.45) is 4.56. The Morgan fingerprint density at radius 1 is 1.07 bits per heavy atom. The summed E-state index contributed by atoms with van der Waals surface area (Å²) in [6, 6.07) is 12.0. The number of esters is 1. The summed E-state index contributed by atoms with van der Waals surface area (Å²) in [5, 5.41) is 3.45. The predicted molar refractivity (Wildman–Crippen MR) is 114 cm³/mol. The number of halogens is 1. The maximum atomic E-state index is 12.5. The second-order valence-electron chi connectivity index (χ2n) is 7.35. The number of rotatable bonds is 6. The highest BCUT2D eigenvalue weighted by atomic mass is 35.5. The van der Waals surface area contributed by atoms with E-state index in [0.717, 1.165) is 31.2 Å². The molecule has 0 unspecified atom stereocenters. The van der Waals surface area contributed by atoms with Crippen LogP contribution in [0, 0.1) is 6.92 Å². The van der Waals surface area contributed by atoms with Gasteiger partial charge in [0.05, 0.1) is 0 Å². The van der Waals surface area contributed by atoms with Gasteiger partial charge < -0.3 is 14.8 Å². The number of benzene rings is 2. The number of carbonyl (C=O) groups is 2. The van der Waals surface area contributed by atoms with E-state index in [1.165, 1.54) is 6.42 Å². The zero-order valence-corrected chi connectivity index (χ0v) is 17.5. The van der Waals surface area contributed by atoms with Crippen LogP contribution in [0.5, 0.6) is 5.75 Å². The average molecular weight is 416 g/mol. The van der Waals surface area contributed by atoms with Gasteiger partial charge in [0.1, 0.15) is 11.9 Å². The molecule has 0 radical (unpaired) electrons. The largest absolute Gasteiger partial charge is 0.479 e. The van der Waals surface area contributed by atoms with Crippen LogP contribution in [-0.4, -0.2) is 24.1 Å². The average Bonchev–Trinajstić information content (AvgIpc) is 2.72. The number of carbonyl (C=O) groups excluding carboxylic acids is 2. The van der Waals surface area contributed by atoms with Crippen LogP contribution in [0.3, 0.4) is 0 Å². The van der Waals surface area contributed by atoms with Crippen molar-refractivity contribution in [3.63, 3.8) is 0 Å². The lowest BCUT2D eigenvalue weighted by Gasteiger charge is -2.23. The normalized spacial score (nSPS) is 15.4. The molecule has 1 aliphatic rings. The number of anilines is 1. The Hall–Kier alpha value is -2.53. The molecule has 1 fully saturated rings. The number of ether oxygens (including phenoxy) is 2. The second kappa shape index (κ2) is 9.79. The zero-order valence-electron chi connectivity index (χ0n) is 16.7. The van der Waals surface area contributed by atoms with Gasteiger partial charge in [-0.3, -0.25) is 4.79 Å². The first-order valence-electron chi connectivity index (χ1n) is 9.97. The van der Waals surface area contributed by atoms with E-state index in [4.69, 9.17) is 21.1 Å². The molecule has 154 valence electrons. The van der Waals surface area contributed by atoms with Crippen LogP contribution in [-0.2, 0) is 9.53 Å². The minimum absolute atomic E-state index is 0.00307. The number of hydrogen-bond acceptors (Lipinski definition) is 4. The fourth-order valence-corrected chi connectivity index (χ4v) is 3.49. The van der Waals surface area contributed by atoms with Crippen molar-refractivity contribution in [1.82, 2.24) is 0 Å². The van der Waals surface area contributed by atoms with E-state index in [9.17, 15) is 9.59 Å². The van der Waals surface area contributed by atoms with Gasteiger partial charge in [-0.05, 0) is 81.5 Å². The van der Waals surface area contributed by atoms with Gasteiger partial charge in [-0.1, -0.05) is 24.1 Å². The van der Waals surface area contributed by atoms with E-state index in [2.05, 4.69) is 5.32 Å². The third-order valence-electron chi connectivity index (χ3n) is 5.11. The molecule has 1 saturated carbocycles. The molecule has 1 aliphatic carbocycles. The molecule has 0 saturated heterocycles. The van der Waals surface area contributed by atoms with Gasteiger partial charge in [0.25, 0.3) is 5.91 Å². The Labute approximate surface area is 176 Å². The first-order valence-corrected chi connectivity index (χ1v) is 10.4. The monoisotopic (exact) mass is 415 g/mol. The van der Waals surface area contributed by atoms with Crippen molar-refractivity contribution in [1.29, 1.82) is 0 Å². The molecule has 5 nitrogen and oxygen atoms in total. The quantitative estimate of drug-likeness (QED) is 0.628. The van der Waals surface area contributed by atoms with Crippen molar-refractivity contribution >= 4 is 29.2 Å². The lowest BCUT2D eigenvalue weighted by atomic mass is 9.98. The van der Waals surface area contributed by atoms with Crippen LogP contribution < -0.4 is 10.1 Å². The number of hydrogen-bond donors (Lipinski definition) is 1. The third-order valence-corrected chi connectivity index (χ3v) is 5.52. The molecule has 3 rings (SSSR count). The fraction of sp³-hybridized carbons (Fsp3) is 0.391. The summed E-state index contributed by atoms with van der Waals surface area (Å²) >= 11 is 6.09. The molecule has 29 heavy (non-hydrogen) atoms. The van der Waals surface area contributed by atoms with E-state index < -0.39 is 6.10 Å². The molecule has 1 N–H and O–H groups in total. The van der Waals surface area contributed by atoms with Gasteiger partial charge >= 0.3 is 5.97 Å². The summed E-state index contributed by atoms with van der Waals surface area (Å²) in [5.74, 6) is -0.0876. The molecule has 0 heterocycles. The van der Waals surface area contributed by atoms with Crippen molar-refractivity contribution in [2.24, 2.45) is 0 Å². The van der Waals surface area contributed by atoms with Crippen LogP contribution in [0.2, 0.25) is 5.02 Å². The molecule has 2 aromatic carbocycles. The van der Waals surface area contributed by atoms with E-state index in [0.29, 0.717) is 22.0 Å². The highest BCUT2D eigenvalue weighted by Gasteiger charge is 2.23. The highest BCUT2D eigenvalue weighted by Crippen LogP contribution is 2.24. The first-order chi connectivity index (χ1) is 13.9. The molecule has 0 aromatic heterocycles. The maximum Gasteiger partial charge on any atom is 0.347 e. The van der Waals surface area contributed by atoms with Crippen molar-refractivity contribution in [3.05, 3.63) is 58.6 Å². The third kappa shape index (κ3) is 5.73. The van der Waals surface area contributed by atoms with Crippen LogP contribution in [0.15, 0.2) is 42.5 Å². The molecule has 2 aromatic rings. The van der Waals surface area contributed by atoms with Gasteiger partial charge in [0, 0.05) is 16.3 Å². The van der Waals surface area contributed by atoms with Gasteiger partial charge in [0.15, 0.2) is 6.10 Å². The summed E-state index contributed by atoms with van der Waals surface area (Å²) in [5.41, 5.74) is 1.96. The van der Waals surface area contributed by atoms with Crippen LogP contribution in [0.1, 0.15) is 54.9 Å². The summed E-state index contributed by atoms with van der Waals surface area (Å²) in [7, 11) is 0. The van der Waals surface area contributed by atoms with E-state index in [-0.39, 0.29) is 18.0 Å². The fourth-order valence-electron chi connectivity index (χ4n) is 3.32. The molecule has 0 bridgehead atoms. The van der Waals surface area contributed by atoms with Crippen LogP contribution in [0.25, 0.3) is 0 Å². The molecule has 1 atom stereocenters. The maximum absolute atomic E-state index is 12.5. The Bertz CT molecular complexity index is 860. The van der Waals surface area contributed by atoms with Crippen LogP contribution >= 0.6 is 11.6 Å². The molecular weight excluding hydrogens is 390 g/mol. The number of nitrogens with one attached hydrogen (secondary N) is 1. The molecular formula is C23H26ClNO4. The van der Waals surface area contributed by atoms with Crippen LogP contribution in [0.4, 0.5) is 5.69 Å². The molecule has 0 aliphatic heterocycles. The first kappa shape index (κ1) is 21.2. The Morgan fingerprint density at radius 2 is 1.76 bits per heavy atom.